The van der Waals surface area contributed by atoms with Crippen molar-refractivity contribution in [1.82, 2.24) is 4.98 Å². The van der Waals surface area contributed by atoms with Gasteiger partial charge in [0.15, 0.2) is 17.7 Å². The molecule has 7 heteroatoms. The van der Waals surface area contributed by atoms with E-state index in [0.29, 0.717) is 5.75 Å². The SMILES string of the molecule is CCc1cccc(CC)c1NC(=O)CN1C(=O)C(C)Oc2ccc(N)nc21. The summed E-state index contributed by atoms with van der Waals surface area (Å²) in [7, 11) is 0. The number of nitrogens with one attached hydrogen (secondary N) is 1. The van der Waals surface area contributed by atoms with Crippen LogP contribution in [0.25, 0.3) is 0 Å². The predicted octanol–water partition coefficient (Wildman–Crippen LogP) is 2.54. The van der Waals surface area contributed by atoms with Crippen molar-refractivity contribution in [3.63, 3.8) is 0 Å². The monoisotopic (exact) mass is 368 g/mol. The maximum Gasteiger partial charge on any atom is 0.269 e. The Morgan fingerprint density at radius 3 is 2.52 bits per heavy atom. The third-order valence-electron chi connectivity index (χ3n) is 4.60. The van der Waals surface area contributed by atoms with Crippen LogP contribution in [0.1, 0.15) is 31.9 Å². The molecule has 0 bridgehead atoms. The fraction of sp³-hybridized carbons (Fsp3) is 0.350. The van der Waals surface area contributed by atoms with Crippen LogP contribution in [0.2, 0.25) is 0 Å². The Labute approximate surface area is 158 Å². The van der Waals surface area contributed by atoms with E-state index >= 15 is 0 Å². The number of amides is 2. The normalized spacial score (nSPS) is 15.9. The summed E-state index contributed by atoms with van der Waals surface area (Å²) in [6, 6.07) is 9.24. The van der Waals surface area contributed by atoms with Gasteiger partial charge in [0.1, 0.15) is 12.4 Å². The van der Waals surface area contributed by atoms with E-state index in [1.165, 1.54) is 4.90 Å². The zero-order valence-electron chi connectivity index (χ0n) is 15.8. The van der Waals surface area contributed by atoms with E-state index in [2.05, 4.69) is 10.3 Å². The molecule has 0 saturated heterocycles. The summed E-state index contributed by atoms with van der Waals surface area (Å²) in [4.78, 5) is 30.8. The number of pyridine rings is 1. The van der Waals surface area contributed by atoms with Crippen molar-refractivity contribution < 1.29 is 14.3 Å². The molecule has 0 saturated carbocycles. The summed E-state index contributed by atoms with van der Waals surface area (Å²) < 4.78 is 5.56. The molecule has 7 nitrogen and oxygen atoms in total. The predicted molar refractivity (Wildman–Crippen MR) is 105 cm³/mol. The number of ether oxygens (including phenoxy) is 1. The van der Waals surface area contributed by atoms with Gasteiger partial charge in [0.2, 0.25) is 5.91 Å². The van der Waals surface area contributed by atoms with Crippen molar-refractivity contribution in [2.24, 2.45) is 0 Å². The molecule has 0 fully saturated rings. The van der Waals surface area contributed by atoms with Crippen LogP contribution in [0.5, 0.6) is 5.75 Å². The van der Waals surface area contributed by atoms with Gasteiger partial charge in [0.05, 0.1) is 0 Å². The zero-order chi connectivity index (χ0) is 19.6. The molecule has 3 rings (SSSR count). The largest absolute Gasteiger partial charge is 0.477 e. The van der Waals surface area contributed by atoms with E-state index in [9.17, 15) is 9.59 Å². The van der Waals surface area contributed by atoms with Crippen LogP contribution in [0, 0.1) is 0 Å². The molecule has 0 aliphatic carbocycles. The summed E-state index contributed by atoms with van der Waals surface area (Å²) in [6.07, 6.45) is 0.917. The van der Waals surface area contributed by atoms with Gasteiger partial charge in [0, 0.05) is 5.69 Å². The second kappa shape index (κ2) is 7.65. The minimum Gasteiger partial charge on any atom is -0.477 e. The zero-order valence-corrected chi connectivity index (χ0v) is 15.8. The topological polar surface area (TPSA) is 97.5 Å². The fourth-order valence-electron chi connectivity index (χ4n) is 3.18. The number of aromatic nitrogens is 1. The molecule has 0 spiro atoms. The smallest absolute Gasteiger partial charge is 0.269 e. The summed E-state index contributed by atoms with van der Waals surface area (Å²) in [6.45, 7) is 5.58. The molecular formula is C20H24N4O3. The van der Waals surface area contributed by atoms with E-state index in [0.717, 1.165) is 29.7 Å². The van der Waals surface area contributed by atoms with Crippen LogP contribution in [0.4, 0.5) is 17.3 Å². The lowest BCUT2D eigenvalue weighted by molar-refractivity contribution is -0.127. The Kier molecular flexibility index (Phi) is 5.30. The molecule has 2 amide bonds. The fourth-order valence-corrected chi connectivity index (χ4v) is 3.18. The molecule has 1 aromatic carbocycles. The van der Waals surface area contributed by atoms with Gasteiger partial charge in [-0.05, 0) is 43.0 Å². The number of carbonyl (C=O) groups is 2. The third-order valence-corrected chi connectivity index (χ3v) is 4.60. The van der Waals surface area contributed by atoms with Gasteiger partial charge in [-0.25, -0.2) is 4.98 Å². The maximum atomic E-state index is 12.8. The lowest BCUT2D eigenvalue weighted by Crippen LogP contribution is -2.48. The number of anilines is 3. The van der Waals surface area contributed by atoms with E-state index in [4.69, 9.17) is 10.5 Å². The Morgan fingerprint density at radius 1 is 1.22 bits per heavy atom. The molecule has 1 atom stereocenters. The molecule has 27 heavy (non-hydrogen) atoms. The standard InChI is InChI=1S/C20H24N4O3/c1-4-13-7-6-8-14(5-2)18(13)23-17(25)11-24-19-15(9-10-16(21)22-19)27-12(3)20(24)26/h6-10,12H,4-5,11H2,1-3H3,(H2,21,22)(H,23,25). The van der Waals surface area contributed by atoms with Crippen molar-refractivity contribution in [1.29, 1.82) is 0 Å². The summed E-state index contributed by atoms with van der Waals surface area (Å²) in [5.41, 5.74) is 8.69. The van der Waals surface area contributed by atoms with Crippen LogP contribution < -0.4 is 20.7 Å². The molecule has 1 aliphatic rings. The van der Waals surface area contributed by atoms with E-state index in [1.54, 1.807) is 19.1 Å². The van der Waals surface area contributed by atoms with Gasteiger partial charge >= 0.3 is 0 Å². The first kappa shape index (κ1) is 18.7. The molecule has 2 heterocycles. The van der Waals surface area contributed by atoms with Gasteiger partial charge in [-0.15, -0.1) is 0 Å². The Morgan fingerprint density at radius 2 is 1.89 bits per heavy atom. The van der Waals surface area contributed by atoms with Crippen molar-refractivity contribution in [2.45, 2.75) is 39.7 Å². The van der Waals surface area contributed by atoms with Gasteiger partial charge in [-0.1, -0.05) is 32.0 Å². The molecule has 1 aromatic heterocycles. The Hall–Kier alpha value is -3.09. The van der Waals surface area contributed by atoms with E-state index < -0.39 is 6.10 Å². The second-order valence-corrected chi connectivity index (χ2v) is 6.45. The van der Waals surface area contributed by atoms with Gasteiger partial charge in [-0.2, -0.15) is 0 Å². The molecule has 0 radical (unpaired) electrons. The quantitative estimate of drug-likeness (QED) is 0.845. The van der Waals surface area contributed by atoms with Gasteiger partial charge in [-0.3, -0.25) is 14.5 Å². The number of rotatable bonds is 5. The number of hydrogen-bond donors (Lipinski definition) is 2. The van der Waals surface area contributed by atoms with E-state index in [-0.39, 0.29) is 30.0 Å². The van der Waals surface area contributed by atoms with Crippen LogP contribution in [-0.2, 0) is 22.4 Å². The molecule has 2 aromatic rings. The lowest BCUT2D eigenvalue weighted by atomic mass is 10.0. The maximum absolute atomic E-state index is 12.8. The molecule has 3 N–H and O–H groups in total. The van der Waals surface area contributed by atoms with Crippen molar-refractivity contribution in [3.8, 4) is 5.75 Å². The van der Waals surface area contributed by atoms with Crippen LogP contribution >= 0.6 is 0 Å². The highest BCUT2D eigenvalue weighted by molar-refractivity contribution is 6.05. The highest BCUT2D eigenvalue weighted by Crippen LogP contribution is 2.33. The number of fused-ring (bicyclic) bond motifs is 1. The molecule has 1 unspecified atom stereocenters. The van der Waals surface area contributed by atoms with Crippen LogP contribution in [0.3, 0.4) is 0 Å². The highest BCUT2D eigenvalue weighted by Gasteiger charge is 2.34. The van der Waals surface area contributed by atoms with E-state index in [1.807, 2.05) is 32.0 Å². The third kappa shape index (κ3) is 3.72. The summed E-state index contributed by atoms with van der Waals surface area (Å²) in [5, 5.41) is 2.98. The Balaban J connectivity index is 1.87. The van der Waals surface area contributed by atoms with Gasteiger partial charge in [0.25, 0.3) is 5.91 Å². The van der Waals surface area contributed by atoms with Crippen molar-refractivity contribution >= 4 is 29.1 Å². The Bertz CT molecular complexity index is 859. The van der Waals surface area contributed by atoms with Crippen LogP contribution in [-0.4, -0.2) is 29.4 Å². The number of benzene rings is 1. The second-order valence-electron chi connectivity index (χ2n) is 6.45. The first-order valence-electron chi connectivity index (χ1n) is 9.09. The van der Waals surface area contributed by atoms with Gasteiger partial charge < -0.3 is 15.8 Å². The molecular weight excluding hydrogens is 344 g/mol. The number of nitrogen functional groups attached to an aromatic ring is 1. The lowest BCUT2D eigenvalue weighted by Gasteiger charge is -2.31. The number of carbonyl (C=O) groups excluding carboxylic acids is 2. The van der Waals surface area contributed by atoms with Crippen LogP contribution in [0.15, 0.2) is 30.3 Å². The number of para-hydroxylation sites is 1. The average Bonchev–Trinajstić information content (AvgIpc) is 2.66. The molecule has 142 valence electrons. The molecule has 1 aliphatic heterocycles. The number of hydrogen-bond acceptors (Lipinski definition) is 5. The van der Waals surface area contributed by atoms with Crippen molar-refractivity contribution in [2.75, 3.05) is 22.5 Å². The first-order chi connectivity index (χ1) is 12.9. The average molecular weight is 368 g/mol. The highest BCUT2D eigenvalue weighted by atomic mass is 16.5. The number of nitrogens with zero attached hydrogens (tertiary/aromatic N) is 2. The number of nitrogens with two attached hydrogens (primary N) is 1. The number of aryl methyl sites for hydroxylation is 2. The minimum atomic E-state index is -0.690. The van der Waals surface area contributed by atoms with Crippen molar-refractivity contribution in [3.05, 3.63) is 41.5 Å². The summed E-state index contributed by atoms with van der Waals surface area (Å²) >= 11 is 0. The first-order valence-corrected chi connectivity index (χ1v) is 9.09. The minimum absolute atomic E-state index is 0.156. The summed E-state index contributed by atoms with van der Waals surface area (Å²) in [5.74, 6) is 0.355.